The number of alkyl halides is 4. The summed E-state index contributed by atoms with van der Waals surface area (Å²) in [4.78, 5) is 51.8. The van der Waals surface area contributed by atoms with E-state index in [1.807, 2.05) is 0 Å². The van der Waals surface area contributed by atoms with E-state index in [2.05, 4.69) is 157 Å². The second kappa shape index (κ2) is 31.9. The molecule has 0 aromatic heterocycles. The molecule has 0 N–H and O–H groups in total. The summed E-state index contributed by atoms with van der Waals surface area (Å²) < 4.78 is 21.3. The van der Waals surface area contributed by atoms with Crippen LogP contribution in [-0.4, -0.2) is 73.8 Å². The van der Waals surface area contributed by atoms with E-state index in [-0.39, 0.29) is 73.1 Å². The summed E-state index contributed by atoms with van der Waals surface area (Å²) in [5, 5.41) is 0. The minimum Gasteiger partial charge on any atom is -0.466 e. The lowest BCUT2D eigenvalue weighted by molar-refractivity contribution is -0.144. The van der Waals surface area contributed by atoms with Crippen LogP contribution < -0.4 is 9.80 Å². The lowest BCUT2D eigenvalue weighted by atomic mass is 10.0. The van der Waals surface area contributed by atoms with E-state index in [9.17, 15) is 19.2 Å². The van der Waals surface area contributed by atoms with E-state index in [1.54, 1.807) is 0 Å². The highest BCUT2D eigenvalue weighted by molar-refractivity contribution is 6.19. The number of hydrogen-bond donors (Lipinski definition) is 0. The van der Waals surface area contributed by atoms with Gasteiger partial charge in [0.1, 0.15) is 0 Å². The quantitative estimate of drug-likeness (QED) is 0.0181. The number of carbonyl (C=O) groups is 4. The standard InChI is InChI=1S/C62H68Cl4N2O8/c1-45-43-57(29-15-49(45)9-5-41-75-61(71)33-37-65)67(53-21-11-47(12-22-53)7-3-39-73-59(69)31-35-63)55-25-17-51(18-26-55)52-19-27-56(28-20-52)68(54-23-13-48(14-24-54)8-4-40-74-60(70)32-36-64)58-30-16-50(46(2)44-58)10-6-42-76-62(72)34-38-66/h11-30,43-44H,3-10,31-42H2,1-2H3. The summed E-state index contributed by atoms with van der Waals surface area (Å²) in [6.45, 7) is 5.61. The van der Waals surface area contributed by atoms with Gasteiger partial charge in [-0.15, -0.1) is 46.4 Å². The van der Waals surface area contributed by atoms with Gasteiger partial charge in [-0.25, -0.2) is 0 Å². The third-order valence-corrected chi connectivity index (χ3v) is 13.5. The van der Waals surface area contributed by atoms with Crippen molar-refractivity contribution in [3.8, 4) is 11.1 Å². The summed E-state index contributed by atoms with van der Waals surface area (Å²) >= 11 is 22.8. The molecule has 6 aromatic carbocycles. The summed E-state index contributed by atoms with van der Waals surface area (Å²) in [5.41, 5.74) is 15.1. The van der Waals surface area contributed by atoms with Gasteiger partial charge >= 0.3 is 23.9 Å². The smallest absolute Gasteiger partial charge is 0.306 e. The second-order valence-electron chi connectivity index (χ2n) is 18.4. The Balaban J connectivity index is 1.23. The first kappa shape index (κ1) is 59.2. The van der Waals surface area contributed by atoms with Crippen LogP contribution >= 0.6 is 46.4 Å². The fraction of sp³-hybridized carbons (Fsp3) is 0.355. The van der Waals surface area contributed by atoms with Crippen LogP contribution in [0.1, 0.15) is 84.7 Å². The Morgan fingerprint density at radius 1 is 0.355 bits per heavy atom. The number of halogens is 4. The largest absolute Gasteiger partial charge is 0.466 e. The van der Waals surface area contributed by atoms with Gasteiger partial charge in [-0.1, -0.05) is 60.7 Å². The SMILES string of the molecule is Cc1cc(N(c2ccc(CCCOC(=O)CCCl)cc2)c2ccc(-c3ccc(N(c4ccc(CCCOC(=O)CCCl)cc4)c4ccc(CCCOC(=O)CCCl)c(C)c4)cc3)cc2)ccc1CCCOC(=O)CCCl. The van der Waals surface area contributed by atoms with Crippen molar-refractivity contribution in [2.24, 2.45) is 0 Å². The van der Waals surface area contributed by atoms with Crippen LogP contribution in [0, 0.1) is 13.8 Å². The van der Waals surface area contributed by atoms with Gasteiger partial charge in [0.2, 0.25) is 0 Å². The predicted octanol–water partition coefficient (Wildman–Crippen LogP) is 15.3. The third-order valence-electron chi connectivity index (χ3n) is 12.8. The molecule has 402 valence electrons. The normalized spacial score (nSPS) is 11.0. The van der Waals surface area contributed by atoms with Gasteiger partial charge in [-0.3, -0.25) is 19.2 Å². The molecule has 10 nitrogen and oxygen atoms in total. The molecule has 0 saturated carbocycles. The molecule has 76 heavy (non-hydrogen) atoms. The number of benzene rings is 6. The molecule has 0 spiro atoms. The first-order chi connectivity index (χ1) is 37.0. The van der Waals surface area contributed by atoms with E-state index in [4.69, 9.17) is 65.4 Å². The molecule has 0 saturated heterocycles. The number of rotatable bonds is 31. The van der Waals surface area contributed by atoms with Gasteiger partial charge in [0.15, 0.2) is 0 Å². The molecule has 0 atom stereocenters. The van der Waals surface area contributed by atoms with Crippen LogP contribution in [0.15, 0.2) is 133 Å². The Hall–Kier alpha value is -6.04. The van der Waals surface area contributed by atoms with Gasteiger partial charge in [0.05, 0.1) is 52.1 Å². The van der Waals surface area contributed by atoms with Crippen LogP contribution in [0.5, 0.6) is 0 Å². The highest BCUT2D eigenvalue weighted by Gasteiger charge is 2.18. The zero-order valence-electron chi connectivity index (χ0n) is 43.5. The number of hydrogen-bond acceptors (Lipinski definition) is 10. The molecule has 0 aliphatic carbocycles. The Kier molecular flexibility index (Phi) is 24.8. The molecule has 0 aliphatic rings. The van der Waals surface area contributed by atoms with Crippen LogP contribution in [0.4, 0.5) is 34.1 Å². The maximum Gasteiger partial charge on any atom is 0.306 e. The van der Waals surface area contributed by atoms with Crippen molar-refractivity contribution in [2.45, 2.75) is 90.9 Å². The van der Waals surface area contributed by atoms with Crippen LogP contribution in [-0.2, 0) is 63.8 Å². The topological polar surface area (TPSA) is 112 Å². The van der Waals surface area contributed by atoms with Gasteiger partial charge in [-0.05, 0) is 183 Å². The zero-order valence-corrected chi connectivity index (χ0v) is 46.5. The number of nitrogens with zero attached hydrogens (tertiary/aromatic N) is 2. The lowest BCUT2D eigenvalue weighted by Gasteiger charge is -2.27. The van der Waals surface area contributed by atoms with Gasteiger partial charge in [0, 0.05) is 57.6 Å². The first-order valence-corrected chi connectivity index (χ1v) is 28.2. The molecule has 0 bridgehead atoms. The average Bonchev–Trinajstić information content (AvgIpc) is 3.42. The van der Waals surface area contributed by atoms with Crippen molar-refractivity contribution < 1.29 is 38.1 Å². The van der Waals surface area contributed by atoms with E-state index in [0.717, 1.165) is 93.2 Å². The number of aryl methyl sites for hydroxylation is 6. The minimum absolute atomic E-state index is 0.206. The van der Waals surface area contributed by atoms with E-state index >= 15 is 0 Å². The summed E-state index contributed by atoms with van der Waals surface area (Å²) in [7, 11) is 0. The van der Waals surface area contributed by atoms with Crippen LogP contribution in [0.25, 0.3) is 11.1 Å². The van der Waals surface area contributed by atoms with Crippen molar-refractivity contribution in [1.82, 2.24) is 0 Å². The average molecular weight is 1110 g/mol. The Morgan fingerprint density at radius 3 is 0.895 bits per heavy atom. The maximum absolute atomic E-state index is 11.9. The predicted molar refractivity (Wildman–Crippen MR) is 309 cm³/mol. The maximum atomic E-state index is 11.9. The molecular formula is C62H68Cl4N2O8. The molecule has 0 amide bonds. The fourth-order valence-electron chi connectivity index (χ4n) is 8.74. The highest BCUT2D eigenvalue weighted by atomic mass is 35.5. The zero-order chi connectivity index (χ0) is 54.1. The summed E-state index contributed by atoms with van der Waals surface area (Å²) in [6.07, 6.45) is 6.74. The summed E-state index contributed by atoms with van der Waals surface area (Å²) in [6, 6.07) is 47.2. The van der Waals surface area contributed by atoms with Gasteiger partial charge < -0.3 is 28.7 Å². The van der Waals surface area contributed by atoms with Crippen molar-refractivity contribution >= 4 is 104 Å². The number of ether oxygens (including phenoxy) is 4. The molecule has 6 aromatic rings. The third kappa shape index (κ3) is 18.6. The molecule has 14 heteroatoms. The fourth-order valence-corrected chi connectivity index (χ4v) is 9.36. The number of anilines is 6. The second-order valence-corrected chi connectivity index (χ2v) is 19.9. The molecule has 0 radical (unpaired) electrons. The molecule has 0 fully saturated rings. The van der Waals surface area contributed by atoms with Crippen LogP contribution in [0.3, 0.4) is 0 Å². The Morgan fingerprint density at radius 2 is 0.618 bits per heavy atom. The number of esters is 4. The first-order valence-electron chi connectivity index (χ1n) is 26.0. The van der Waals surface area contributed by atoms with E-state index in [1.165, 1.54) is 11.1 Å². The van der Waals surface area contributed by atoms with Gasteiger partial charge in [-0.2, -0.15) is 0 Å². The molecular weight excluding hydrogens is 1040 g/mol. The summed E-state index contributed by atoms with van der Waals surface area (Å²) in [5.74, 6) is -0.124. The minimum atomic E-state index is -0.279. The molecule has 0 unspecified atom stereocenters. The number of carbonyl (C=O) groups excluding carboxylic acids is 4. The van der Waals surface area contributed by atoms with E-state index < -0.39 is 0 Å². The van der Waals surface area contributed by atoms with Gasteiger partial charge in [0.25, 0.3) is 0 Å². The Bertz CT molecular complexity index is 2580. The van der Waals surface area contributed by atoms with Crippen molar-refractivity contribution in [2.75, 3.05) is 59.7 Å². The molecule has 0 aliphatic heterocycles. The van der Waals surface area contributed by atoms with E-state index in [0.29, 0.717) is 52.1 Å². The Labute approximate surface area is 468 Å². The highest BCUT2D eigenvalue weighted by Crippen LogP contribution is 2.39. The lowest BCUT2D eigenvalue weighted by Crippen LogP contribution is -2.11. The van der Waals surface area contributed by atoms with Crippen molar-refractivity contribution in [1.29, 1.82) is 0 Å². The van der Waals surface area contributed by atoms with Crippen molar-refractivity contribution in [3.05, 3.63) is 167 Å². The monoisotopic (exact) mass is 1110 g/mol. The molecule has 6 rings (SSSR count). The van der Waals surface area contributed by atoms with Crippen molar-refractivity contribution in [3.63, 3.8) is 0 Å². The van der Waals surface area contributed by atoms with Crippen LogP contribution in [0.2, 0.25) is 0 Å². The molecule has 0 heterocycles.